The van der Waals surface area contributed by atoms with E-state index in [1.165, 1.54) is 12.1 Å². The summed E-state index contributed by atoms with van der Waals surface area (Å²) in [7, 11) is -3.75. The van der Waals surface area contributed by atoms with Crippen LogP contribution in [0.5, 0.6) is 0 Å². The standard InChI is InChI=1S/C22H17Cl4N3O2S/c23-15-6-4-14(5-7-15)22-12-18(28-29(22)21-9-8-17(25)11-20(21)26)13-27-32(30,31)19-3-1-2-16(24)10-19/h1-11,22,27H,12-13H2/t22-/m1/s1. The number of nitrogens with one attached hydrogen (secondary N) is 1. The van der Waals surface area contributed by atoms with Gasteiger partial charge < -0.3 is 0 Å². The highest BCUT2D eigenvalue weighted by Crippen LogP contribution is 2.39. The average Bonchev–Trinajstić information content (AvgIpc) is 3.17. The Labute approximate surface area is 206 Å². The van der Waals surface area contributed by atoms with Crippen LogP contribution in [0.1, 0.15) is 18.0 Å². The van der Waals surface area contributed by atoms with E-state index in [9.17, 15) is 8.42 Å². The highest BCUT2D eigenvalue weighted by atomic mass is 35.5. The van der Waals surface area contributed by atoms with Crippen molar-refractivity contribution in [3.63, 3.8) is 0 Å². The van der Waals surface area contributed by atoms with Gasteiger partial charge in [-0.1, -0.05) is 64.6 Å². The fourth-order valence-corrected chi connectivity index (χ4v) is 5.35. The summed E-state index contributed by atoms with van der Waals surface area (Å²) in [5, 5.41) is 8.39. The Morgan fingerprint density at radius 3 is 2.28 bits per heavy atom. The number of nitrogens with zero attached hydrogens (tertiary/aromatic N) is 2. The molecular formula is C22H17Cl4N3O2S. The topological polar surface area (TPSA) is 61.8 Å². The van der Waals surface area contributed by atoms with E-state index in [4.69, 9.17) is 46.4 Å². The summed E-state index contributed by atoms with van der Waals surface area (Å²) in [6.07, 6.45) is 0.499. The van der Waals surface area contributed by atoms with Crippen LogP contribution in [-0.4, -0.2) is 20.7 Å². The van der Waals surface area contributed by atoms with E-state index < -0.39 is 10.0 Å². The number of hydrogen-bond acceptors (Lipinski definition) is 4. The van der Waals surface area contributed by atoms with Gasteiger partial charge in [-0.05, 0) is 54.1 Å². The molecule has 1 atom stereocenters. The molecule has 1 aliphatic heterocycles. The maximum atomic E-state index is 12.7. The smallest absolute Gasteiger partial charge is 0.240 e. The zero-order chi connectivity index (χ0) is 22.9. The zero-order valence-electron chi connectivity index (χ0n) is 16.5. The summed E-state index contributed by atoms with van der Waals surface area (Å²) in [6, 6.07) is 18.5. The molecule has 0 amide bonds. The fraction of sp³-hybridized carbons (Fsp3) is 0.136. The molecule has 1 heterocycles. The Bertz CT molecular complexity index is 1280. The largest absolute Gasteiger partial charge is 0.256 e. The maximum absolute atomic E-state index is 12.7. The van der Waals surface area contributed by atoms with Gasteiger partial charge in [0.25, 0.3) is 0 Å². The highest BCUT2D eigenvalue weighted by molar-refractivity contribution is 7.89. The van der Waals surface area contributed by atoms with Crippen molar-refractivity contribution in [1.29, 1.82) is 0 Å². The third-order valence-electron chi connectivity index (χ3n) is 4.96. The number of anilines is 1. The predicted molar refractivity (Wildman–Crippen MR) is 132 cm³/mol. The highest BCUT2D eigenvalue weighted by Gasteiger charge is 2.31. The van der Waals surface area contributed by atoms with Crippen LogP contribution in [0.2, 0.25) is 20.1 Å². The third-order valence-corrected chi connectivity index (χ3v) is 7.38. The predicted octanol–water partition coefficient (Wildman–Crippen LogP) is 6.59. The monoisotopic (exact) mass is 527 g/mol. The number of hydrogen-bond donors (Lipinski definition) is 1. The van der Waals surface area contributed by atoms with Crippen molar-refractivity contribution in [1.82, 2.24) is 4.72 Å². The molecule has 32 heavy (non-hydrogen) atoms. The average molecular weight is 529 g/mol. The first-order valence-corrected chi connectivity index (χ1v) is 12.5. The van der Waals surface area contributed by atoms with Crippen molar-refractivity contribution in [3.8, 4) is 0 Å². The Hall–Kier alpha value is -1.80. The van der Waals surface area contributed by atoms with Crippen molar-refractivity contribution >= 4 is 67.8 Å². The van der Waals surface area contributed by atoms with Crippen molar-refractivity contribution < 1.29 is 8.42 Å². The first kappa shape index (κ1) is 23.4. The molecule has 4 rings (SSSR count). The SMILES string of the molecule is O=S(=O)(NCC1=NN(c2ccc(Cl)cc2Cl)[C@@H](c2ccc(Cl)cc2)C1)c1cccc(Cl)c1. The second-order valence-corrected chi connectivity index (χ2v) is 10.6. The number of benzene rings is 3. The molecule has 0 fully saturated rings. The Morgan fingerprint density at radius 1 is 0.906 bits per heavy atom. The minimum atomic E-state index is -3.75. The summed E-state index contributed by atoms with van der Waals surface area (Å²) in [4.78, 5) is 0.0930. The maximum Gasteiger partial charge on any atom is 0.240 e. The van der Waals surface area contributed by atoms with Gasteiger partial charge in [-0.15, -0.1) is 0 Å². The third kappa shape index (κ3) is 5.22. The number of halogens is 4. The van der Waals surface area contributed by atoms with Gasteiger partial charge in [0.1, 0.15) is 0 Å². The Morgan fingerprint density at radius 2 is 1.59 bits per heavy atom. The molecule has 0 aromatic heterocycles. The summed E-state index contributed by atoms with van der Waals surface area (Å²) in [6.45, 7) is 0.0423. The molecule has 1 aliphatic rings. The summed E-state index contributed by atoms with van der Waals surface area (Å²) >= 11 is 24.5. The molecule has 0 aliphatic carbocycles. The lowest BCUT2D eigenvalue weighted by atomic mass is 10.0. The molecule has 10 heteroatoms. The minimum Gasteiger partial charge on any atom is -0.256 e. The van der Waals surface area contributed by atoms with E-state index in [2.05, 4.69) is 9.82 Å². The van der Waals surface area contributed by atoms with E-state index in [-0.39, 0.29) is 17.5 Å². The lowest BCUT2D eigenvalue weighted by Crippen LogP contribution is -2.29. The lowest BCUT2D eigenvalue weighted by molar-refractivity contribution is 0.586. The molecule has 0 saturated carbocycles. The van der Waals surface area contributed by atoms with Gasteiger partial charge in [-0.3, -0.25) is 5.01 Å². The first-order chi connectivity index (χ1) is 15.2. The van der Waals surface area contributed by atoms with Crippen LogP contribution >= 0.6 is 46.4 Å². The minimum absolute atomic E-state index is 0.0423. The fourth-order valence-electron chi connectivity index (χ4n) is 3.41. The van der Waals surface area contributed by atoms with Crippen LogP contribution in [0.15, 0.2) is 76.7 Å². The second kappa shape index (κ2) is 9.59. The molecule has 5 nitrogen and oxygen atoms in total. The molecule has 0 bridgehead atoms. The molecule has 3 aromatic carbocycles. The van der Waals surface area contributed by atoms with Gasteiger partial charge in [-0.25, -0.2) is 13.1 Å². The summed E-state index contributed by atoms with van der Waals surface area (Å²) in [5.41, 5.74) is 2.29. The van der Waals surface area contributed by atoms with Gasteiger partial charge in [0.2, 0.25) is 10.0 Å². The number of hydrazone groups is 1. The Balaban J connectivity index is 1.61. The molecule has 0 spiro atoms. The van der Waals surface area contributed by atoms with Crippen molar-refractivity contribution in [2.24, 2.45) is 5.10 Å². The van der Waals surface area contributed by atoms with Crippen LogP contribution in [0, 0.1) is 0 Å². The molecule has 0 saturated heterocycles. The molecular weight excluding hydrogens is 512 g/mol. The van der Waals surface area contributed by atoms with E-state index in [0.29, 0.717) is 37.9 Å². The molecule has 0 unspecified atom stereocenters. The van der Waals surface area contributed by atoms with Crippen molar-refractivity contribution in [2.45, 2.75) is 17.4 Å². The van der Waals surface area contributed by atoms with Gasteiger partial charge in [0.15, 0.2) is 0 Å². The van der Waals surface area contributed by atoms with Gasteiger partial charge in [0.05, 0.1) is 33.9 Å². The lowest BCUT2D eigenvalue weighted by Gasteiger charge is -2.25. The van der Waals surface area contributed by atoms with Gasteiger partial charge in [0, 0.05) is 21.5 Å². The summed E-state index contributed by atoms with van der Waals surface area (Å²) < 4.78 is 28.0. The normalized spacial score (nSPS) is 16.3. The molecule has 0 radical (unpaired) electrons. The number of sulfonamides is 1. The van der Waals surface area contributed by atoms with Crippen LogP contribution in [0.25, 0.3) is 0 Å². The number of rotatable bonds is 6. The second-order valence-electron chi connectivity index (χ2n) is 7.16. The van der Waals surface area contributed by atoms with Crippen LogP contribution < -0.4 is 9.73 Å². The van der Waals surface area contributed by atoms with Gasteiger partial charge in [-0.2, -0.15) is 5.10 Å². The molecule has 166 valence electrons. The van der Waals surface area contributed by atoms with E-state index in [1.807, 2.05) is 12.1 Å². The van der Waals surface area contributed by atoms with E-state index in [1.54, 1.807) is 47.5 Å². The first-order valence-electron chi connectivity index (χ1n) is 9.54. The quantitative estimate of drug-likeness (QED) is 0.392. The molecule has 1 N–H and O–H groups in total. The van der Waals surface area contributed by atoms with Crippen LogP contribution in [-0.2, 0) is 10.0 Å². The van der Waals surface area contributed by atoms with Crippen LogP contribution in [0.3, 0.4) is 0 Å². The molecule has 3 aromatic rings. The van der Waals surface area contributed by atoms with E-state index >= 15 is 0 Å². The van der Waals surface area contributed by atoms with Gasteiger partial charge >= 0.3 is 0 Å². The van der Waals surface area contributed by atoms with E-state index in [0.717, 1.165) is 5.56 Å². The van der Waals surface area contributed by atoms with Crippen molar-refractivity contribution in [2.75, 3.05) is 11.6 Å². The zero-order valence-corrected chi connectivity index (χ0v) is 20.3. The summed E-state index contributed by atoms with van der Waals surface area (Å²) in [5.74, 6) is 0. The van der Waals surface area contributed by atoms with Crippen LogP contribution in [0.4, 0.5) is 5.69 Å². The Kier molecular flexibility index (Phi) is 7.00. The van der Waals surface area contributed by atoms with Crippen molar-refractivity contribution in [3.05, 3.63) is 92.4 Å².